The molecule has 8 atom stereocenters. The molecule has 0 spiro atoms. The summed E-state index contributed by atoms with van der Waals surface area (Å²) in [6.45, 7) is 13.7. The van der Waals surface area contributed by atoms with Gasteiger partial charge in [0, 0.05) is 5.41 Å². The van der Waals surface area contributed by atoms with E-state index in [1.807, 2.05) is 6.92 Å². The van der Waals surface area contributed by atoms with Crippen molar-refractivity contribution in [3.8, 4) is 0 Å². The molecule has 8 heteroatoms. The van der Waals surface area contributed by atoms with E-state index in [1.54, 1.807) is 24.3 Å². The Morgan fingerprint density at radius 1 is 0.635 bits per heavy atom. The molecule has 5 unspecified atom stereocenters. The molecule has 5 aliphatic rings. The second kappa shape index (κ2) is 12.4. The molecular weight excluding hydrogens is 656 g/mol. The highest BCUT2D eigenvalue weighted by Gasteiger charge is 2.63. The molecule has 8 nitrogen and oxygen atoms in total. The van der Waals surface area contributed by atoms with Gasteiger partial charge in [0.25, 0.3) is 0 Å². The summed E-state index contributed by atoms with van der Waals surface area (Å²) in [6.07, 6.45) is 12.7. The Hall–Kier alpha value is -4.20. The fourth-order valence-corrected chi connectivity index (χ4v) is 11.8. The molecule has 2 aromatic carbocycles. The first-order chi connectivity index (χ1) is 24.4. The van der Waals surface area contributed by atoms with E-state index in [0.717, 1.165) is 44.9 Å². The summed E-state index contributed by atoms with van der Waals surface area (Å²) in [6, 6.07) is 12.5. The number of esters is 2. The molecule has 2 aromatic rings. The van der Waals surface area contributed by atoms with Crippen molar-refractivity contribution in [2.45, 2.75) is 111 Å². The van der Waals surface area contributed by atoms with Gasteiger partial charge in [0.15, 0.2) is 0 Å². The van der Waals surface area contributed by atoms with Crippen molar-refractivity contribution in [3.05, 3.63) is 94.1 Å². The zero-order chi connectivity index (χ0) is 37.4. The number of ether oxygens (including phenoxy) is 2. The van der Waals surface area contributed by atoms with E-state index in [0.29, 0.717) is 18.8 Å². The van der Waals surface area contributed by atoms with Gasteiger partial charge in [-0.15, -0.1) is 0 Å². The molecule has 0 heterocycles. The molecule has 4 saturated carbocycles. The highest BCUT2D eigenvalue weighted by Crippen LogP contribution is 2.70. The van der Waals surface area contributed by atoms with Crippen LogP contribution in [-0.2, 0) is 9.47 Å². The Balaban J connectivity index is 1.15. The summed E-state index contributed by atoms with van der Waals surface area (Å²) >= 11 is 0. The van der Waals surface area contributed by atoms with Gasteiger partial charge in [-0.1, -0.05) is 82.2 Å². The molecule has 0 aliphatic heterocycles. The van der Waals surface area contributed by atoms with Crippen molar-refractivity contribution >= 4 is 23.9 Å². The van der Waals surface area contributed by atoms with Crippen LogP contribution in [0.15, 0.2) is 71.8 Å². The number of carbonyl (C=O) groups is 4. The maximum atomic E-state index is 13.5. The van der Waals surface area contributed by atoms with E-state index in [4.69, 9.17) is 9.47 Å². The topological polar surface area (TPSA) is 127 Å². The van der Waals surface area contributed by atoms with Crippen LogP contribution in [0, 0.1) is 39.4 Å². The minimum atomic E-state index is -1.14. The van der Waals surface area contributed by atoms with Gasteiger partial charge < -0.3 is 19.7 Å². The summed E-state index contributed by atoms with van der Waals surface area (Å²) in [5, 5.41) is 19.4. The van der Waals surface area contributed by atoms with Crippen molar-refractivity contribution in [2.75, 3.05) is 0 Å². The first-order valence-corrected chi connectivity index (χ1v) is 19.0. The number of allylic oxidation sites excluding steroid dienone is 4. The number of aromatic carboxylic acids is 2. The van der Waals surface area contributed by atoms with Crippen molar-refractivity contribution in [1.29, 1.82) is 0 Å². The fraction of sp³-hybridized carbons (Fsp3) is 0.545. The van der Waals surface area contributed by atoms with Crippen LogP contribution in [0.2, 0.25) is 0 Å². The van der Waals surface area contributed by atoms with E-state index in [1.165, 1.54) is 35.4 Å². The van der Waals surface area contributed by atoms with Gasteiger partial charge in [0.05, 0.1) is 22.3 Å². The maximum absolute atomic E-state index is 13.5. The Labute approximate surface area is 306 Å². The van der Waals surface area contributed by atoms with Gasteiger partial charge in [0.2, 0.25) is 0 Å². The zero-order valence-corrected chi connectivity index (χ0v) is 31.3. The average molecular weight is 709 g/mol. The van der Waals surface area contributed by atoms with Crippen LogP contribution in [0.1, 0.15) is 141 Å². The zero-order valence-electron chi connectivity index (χ0n) is 31.3. The summed E-state index contributed by atoms with van der Waals surface area (Å²) in [5.74, 6) is -2.55. The number of rotatable bonds is 6. The number of carboxylic acid groups (broad SMARTS) is 2. The molecule has 2 N–H and O–H groups in total. The van der Waals surface area contributed by atoms with E-state index in [-0.39, 0.29) is 61.9 Å². The van der Waals surface area contributed by atoms with Gasteiger partial charge in [-0.3, -0.25) is 0 Å². The van der Waals surface area contributed by atoms with Crippen LogP contribution in [0.4, 0.5) is 0 Å². The third-order valence-electron chi connectivity index (χ3n) is 14.7. The highest BCUT2D eigenvalue weighted by atomic mass is 16.6. The van der Waals surface area contributed by atoms with Crippen LogP contribution in [-0.4, -0.2) is 45.8 Å². The lowest BCUT2D eigenvalue weighted by Crippen LogP contribution is -2.59. The number of carboxylic acids is 2. The quantitative estimate of drug-likeness (QED) is 0.284. The highest BCUT2D eigenvalue weighted by molar-refractivity contribution is 6.03. The van der Waals surface area contributed by atoms with Crippen molar-refractivity contribution in [2.24, 2.45) is 39.4 Å². The van der Waals surface area contributed by atoms with E-state index < -0.39 is 29.5 Å². The summed E-state index contributed by atoms with van der Waals surface area (Å²) in [7, 11) is 0. The maximum Gasteiger partial charge on any atom is 0.339 e. The van der Waals surface area contributed by atoms with E-state index in [2.05, 4.69) is 46.8 Å². The van der Waals surface area contributed by atoms with E-state index >= 15 is 0 Å². The molecule has 5 aliphatic carbocycles. The second-order valence-electron chi connectivity index (χ2n) is 18.0. The van der Waals surface area contributed by atoms with Gasteiger partial charge >= 0.3 is 23.9 Å². The molecule has 0 radical (unpaired) electrons. The number of carbonyl (C=O) groups excluding carboxylic acids is 2. The summed E-state index contributed by atoms with van der Waals surface area (Å²) in [4.78, 5) is 50.6. The Morgan fingerprint density at radius 2 is 1.21 bits per heavy atom. The van der Waals surface area contributed by atoms with Gasteiger partial charge in [-0.25, -0.2) is 19.2 Å². The molecule has 52 heavy (non-hydrogen) atoms. The molecule has 7 rings (SSSR count). The molecule has 4 fully saturated rings. The molecule has 0 saturated heterocycles. The summed E-state index contributed by atoms with van der Waals surface area (Å²) < 4.78 is 12.4. The molecular formula is C44H52O8. The lowest BCUT2D eigenvalue weighted by atomic mass is 9.40. The van der Waals surface area contributed by atoms with Crippen LogP contribution in [0.25, 0.3) is 0 Å². The number of benzene rings is 2. The predicted molar refractivity (Wildman–Crippen MR) is 196 cm³/mol. The minimum absolute atomic E-state index is 0.0262. The van der Waals surface area contributed by atoms with Gasteiger partial charge in [-0.2, -0.15) is 0 Å². The summed E-state index contributed by atoms with van der Waals surface area (Å²) in [5.41, 5.74) is 2.00. The van der Waals surface area contributed by atoms with E-state index in [9.17, 15) is 29.4 Å². The van der Waals surface area contributed by atoms with Gasteiger partial charge in [0.1, 0.15) is 11.7 Å². The first-order valence-electron chi connectivity index (χ1n) is 19.0. The first kappa shape index (κ1) is 36.2. The standard InChI is InChI=1S/C44H52O8/c1-40(2)33-18-21-43(5)31-17-20-41(3)23-24-42(4,52-39(50)29-14-10-8-12-27(29)37(47)48)25-32(41)30(31)15-16-34(43)44(33,6)22-19-35(40)51-38(49)28-13-9-7-11-26(28)36(45)46/h7-16,31-33,35H,17-25H2,1-6H3,(H,45,46)(H,47,48)/t31?,32?,33?,35-,41?,42?,43-,44-/m0/s1. The Kier molecular flexibility index (Phi) is 8.66. The number of hydrogen-bond donors (Lipinski definition) is 2. The molecule has 0 aromatic heterocycles. The lowest BCUT2D eigenvalue weighted by Gasteiger charge is -2.65. The normalized spacial score (nSPS) is 36.0. The van der Waals surface area contributed by atoms with Crippen LogP contribution in [0.5, 0.6) is 0 Å². The second-order valence-corrected chi connectivity index (χ2v) is 18.0. The van der Waals surface area contributed by atoms with Crippen LogP contribution in [0.3, 0.4) is 0 Å². The predicted octanol–water partition coefficient (Wildman–Crippen LogP) is 9.55. The SMILES string of the molecule is CC1(OC(=O)c2ccccc2C(=O)O)CCC2(C)CCC3C(=CC=C4[C@@]3(C)CCC3C(C)(C)[C@@H](OC(=O)c5ccccc5C(=O)O)CC[C@]43C)C2C1. The monoisotopic (exact) mass is 708 g/mol. The third kappa shape index (κ3) is 5.63. The van der Waals surface area contributed by atoms with Crippen molar-refractivity contribution < 1.29 is 38.9 Å². The Morgan fingerprint density at radius 3 is 1.83 bits per heavy atom. The van der Waals surface area contributed by atoms with Gasteiger partial charge in [-0.05, 0) is 123 Å². The number of hydrogen-bond acceptors (Lipinski definition) is 6. The minimum Gasteiger partial charge on any atom is -0.478 e. The molecule has 0 bridgehead atoms. The van der Waals surface area contributed by atoms with Crippen molar-refractivity contribution in [1.82, 2.24) is 0 Å². The van der Waals surface area contributed by atoms with Crippen molar-refractivity contribution in [3.63, 3.8) is 0 Å². The largest absolute Gasteiger partial charge is 0.478 e. The molecule has 0 amide bonds. The van der Waals surface area contributed by atoms with Crippen LogP contribution >= 0.6 is 0 Å². The average Bonchev–Trinajstić information content (AvgIpc) is 3.09. The molecule has 276 valence electrons. The Bertz CT molecular complexity index is 1900. The smallest absolute Gasteiger partial charge is 0.339 e. The number of fused-ring (bicyclic) bond motifs is 7. The fourth-order valence-electron chi connectivity index (χ4n) is 11.8. The third-order valence-corrected chi connectivity index (χ3v) is 14.7. The van der Waals surface area contributed by atoms with Crippen LogP contribution < -0.4 is 0 Å². The lowest BCUT2D eigenvalue weighted by molar-refractivity contribution is -0.121.